The fourth-order valence-electron chi connectivity index (χ4n) is 2.70. The number of aromatic carboxylic acids is 1. The van der Waals surface area contributed by atoms with Crippen molar-refractivity contribution in [2.75, 3.05) is 6.54 Å². The number of fused-ring (bicyclic) bond motifs is 1. The molecular formula is C15H17N3O3. The van der Waals surface area contributed by atoms with Crippen LogP contribution in [0.1, 0.15) is 40.1 Å². The number of carboxylic acids is 1. The molecule has 3 rings (SSSR count). The fourth-order valence-corrected chi connectivity index (χ4v) is 2.70. The Balaban J connectivity index is 1.75. The van der Waals surface area contributed by atoms with Crippen LogP contribution in [0.25, 0.3) is 0 Å². The van der Waals surface area contributed by atoms with Crippen molar-refractivity contribution >= 4 is 5.97 Å². The van der Waals surface area contributed by atoms with Gasteiger partial charge in [-0.1, -0.05) is 24.2 Å². The number of hydrogen-bond donors (Lipinski definition) is 1. The molecule has 2 aromatic rings. The van der Waals surface area contributed by atoms with E-state index in [0.717, 1.165) is 30.5 Å². The van der Waals surface area contributed by atoms with Gasteiger partial charge in [0.05, 0.1) is 12.1 Å². The zero-order chi connectivity index (χ0) is 14.8. The van der Waals surface area contributed by atoms with Crippen LogP contribution in [-0.4, -0.2) is 32.7 Å². The Morgan fingerprint density at radius 2 is 2.33 bits per heavy atom. The molecule has 6 heteroatoms. The Morgan fingerprint density at radius 3 is 3.05 bits per heavy atom. The summed E-state index contributed by atoms with van der Waals surface area (Å²) in [5.74, 6) is 0.478. The molecule has 1 N–H and O–H groups in total. The molecule has 1 aromatic heterocycles. The third-order valence-corrected chi connectivity index (χ3v) is 3.75. The first-order valence-electron chi connectivity index (χ1n) is 7.05. The summed E-state index contributed by atoms with van der Waals surface area (Å²) in [4.78, 5) is 17.8. The number of carbonyl (C=O) groups is 1. The second kappa shape index (κ2) is 5.65. The molecule has 1 aliphatic rings. The van der Waals surface area contributed by atoms with Gasteiger partial charge < -0.3 is 9.63 Å². The molecule has 6 nitrogen and oxygen atoms in total. The maximum Gasteiger partial charge on any atom is 0.335 e. The van der Waals surface area contributed by atoms with Gasteiger partial charge in [-0.05, 0) is 23.6 Å². The minimum absolute atomic E-state index is 0.417. The summed E-state index contributed by atoms with van der Waals surface area (Å²) in [5.41, 5.74) is 2.43. The molecule has 0 radical (unpaired) electrons. The fraction of sp³-hybridized carbons (Fsp3) is 0.400. The lowest BCUT2D eigenvalue weighted by atomic mass is 9.94. The highest BCUT2D eigenvalue weighted by atomic mass is 16.5. The van der Waals surface area contributed by atoms with E-state index in [0.29, 0.717) is 30.4 Å². The smallest absolute Gasteiger partial charge is 0.335 e. The lowest BCUT2D eigenvalue weighted by Gasteiger charge is -2.28. The van der Waals surface area contributed by atoms with E-state index in [9.17, 15) is 9.90 Å². The number of hydrogen-bond acceptors (Lipinski definition) is 5. The Bertz CT molecular complexity index is 666. The van der Waals surface area contributed by atoms with Gasteiger partial charge in [-0.3, -0.25) is 4.90 Å². The van der Waals surface area contributed by atoms with Gasteiger partial charge >= 0.3 is 5.97 Å². The van der Waals surface area contributed by atoms with Crippen LogP contribution in [0.5, 0.6) is 0 Å². The van der Waals surface area contributed by atoms with E-state index in [2.05, 4.69) is 15.0 Å². The van der Waals surface area contributed by atoms with Crippen molar-refractivity contribution in [1.82, 2.24) is 15.0 Å². The number of carboxylic acid groups (broad SMARTS) is 1. The van der Waals surface area contributed by atoms with E-state index in [1.54, 1.807) is 12.1 Å². The summed E-state index contributed by atoms with van der Waals surface area (Å²) in [6, 6.07) is 5.46. The van der Waals surface area contributed by atoms with Crippen molar-refractivity contribution in [3.8, 4) is 0 Å². The van der Waals surface area contributed by atoms with Gasteiger partial charge in [-0.15, -0.1) is 0 Å². The highest BCUT2D eigenvalue weighted by Crippen LogP contribution is 2.23. The molecule has 0 fully saturated rings. The zero-order valence-corrected chi connectivity index (χ0v) is 11.9. The average molecular weight is 287 g/mol. The third kappa shape index (κ3) is 2.80. The van der Waals surface area contributed by atoms with Crippen molar-refractivity contribution in [2.45, 2.75) is 32.9 Å². The van der Waals surface area contributed by atoms with E-state index in [1.807, 2.05) is 13.0 Å². The molecule has 0 saturated heterocycles. The standard InChI is InChI=1S/C15H17N3O3/c1-2-14-16-13(17-21-14)9-18-7-6-11-10(8-18)4-3-5-12(11)15(19)20/h3-5H,2,6-9H2,1H3,(H,19,20). The molecule has 0 spiro atoms. The molecule has 0 aliphatic carbocycles. The monoisotopic (exact) mass is 287 g/mol. The van der Waals surface area contributed by atoms with Crippen LogP contribution in [-0.2, 0) is 25.9 Å². The van der Waals surface area contributed by atoms with Gasteiger partial charge in [0.15, 0.2) is 5.82 Å². The van der Waals surface area contributed by atoms with E-state index in [-0.39, 0.29) is 0 Å². The predicted molar refractivity (Wildman–Crippen MR) is 74.9 cm³/mol. The van der Waals surface area contributed by atoms with Gasteiger partial charge in [-0.25, -0.2) is 4.79 Å². The van der Waals surface area contributed by atoms with Gasteiger partial charge in [0, 0.05) is 19.5 Å². The van der Waals surface area contributed by atoms with Gasteiger partial charge in [0.2, 0.25) is 5.89 Å². The van der Waals surface area contributed by atoms with Crippen LogP contribution >= 0.6 is 0 Å². The van der Waals surface area contributed by atoms with Crippen molar-refractivity contribution < 1.29 is 14.4 Å². The number of nitrogens with zero attached hydrogens (tertiary/aromatic N) is 3. The summed E-state index contributed by atoms with van der Waals surface area (Å²) < 4.78 is 5.11. The molecular weight excluding hydrogens is 270 g/mol. The summed E-state index contributed by atoms with van der Waals surface area (Å²) >= 11 is 0. The summed E-state index contributed by atoms with van der Waals surface area (Å²) in [6.45, 7) is 4.11. The van der Waals surface area contributed by atoms with Crippen LogP contribution in [0.15, 0.2) is 22.7 Å². The lowest BCUT2D eigenvalue weighted by Crippen LogP contribution is -2.31. The predicted octanol–water partition coefficient (Wildman–Crippen LogP) is 1.89. The first kappa shape index (κ1) is 13.8. The largest absolute Gasteiger partial charge is 0.478 e. The Morgan fingerprint density at radius 1 is 1.48 bits per heavy atom. The van der Waals surface area contributed by atoms with Crippen LogP contribution in [0, 0.1) is 0 Å². The molecule has 1 aliphatic heterocycles. The lowest BCUT2D eigenvalue weighted by molar-refractivity contribution is 0.0694. The van der Waals surface area contributed by atoms with Gasteiger partial charge in [0.25, 0.3) is 0 Å². The van der Waals surface area contributed by atoms with Gasteiger partial charge in [-0.2, -0.15) is 4.98 Å². The van der Waals surface area contributed by atoms with Gasteiger partial charge in [0.1, 0.15) is 0 Å². The minimum Gasteiger partial charge on any atom is -0.478 e. The number of rotatable bonds is 4. The molecule has 1 aromatic carbocycles. The van der Waals surface area contributed by atoms with Crippen molar-refractivity contribution in [3.63, 3.8) is 0 Å². The summed E-state index contributed by atoms with van der Waals surface area (Å²) in [5, 5.41) is 13.2. The van der Waals surface area contributed by atoms with Crippen molar-refractivity contribution in [2.24, 2.45) is 0 Å². The first-order chi connectivity index (χ1) is 10.2. The number of aromatic nitrogens is 2. The van der Waals surface area contributed by atoms with Crippen molar-refractivity contribution in [1.29, 1.82) is 0 Å². The topological polar surface area (TPSA) is 79.5 Å². The first-order valence-corrected chi connectivity index (χ1v) is 7.05. The quantitative estimate of drug-likeness (QED) is 0.925. The van der Waals surface area contributed by atoms with Crippen molar-refractivity contribution in [3.05, 3.63) is 46.6 Å². The SMILES string of the molecule is CCc1nc(CN2CCc3c(cccc3C(=O)O)C2)no1. The molecule has 0 bridgehead atoms. The molecule has 0 atom stereocenters. The molecule has 21 heavy (non-hydrogen) atoms. The van der Waals surface area contributed by atoms with Crippen LogP contribution in [0.4, 0.5) is 0 Å². The normalized spacial score (nSPS) is 14.9. The molecule has 0 saturated carbocycles. The summed E-state index contributed by atoms with van der Waals surface area (Å²) in [6.07, 6.45) is 1.47. The Hall–Kier alpha value is -2.21. The average Bonchev–Trinajstić information content (AvgIpc) is 2.94. The second-order valence-electron chi connectivity index (χ2n) is 5.17. The zero-order valence-electron chi connectivity index (χ0n) is 11.9. The maximum absolute atomic E-state index is 11.2. The Kier molecular flexibility index (Phi) is 3.70. The van der Waals surface area contributed by atoms with Crippen LogP contribution in [0.2, 0.25) is 0 Å². The molecule has 110 valence electrons. The maximum atomic E-state index is 11.2. The van der Waals surface area contributed by atoms with Crippen LogP contribution in [0.3, 0.4) is 0 Å². The minimum atomic E-state index is -0.856. The second-order valence-corrected chi connectivity index (χ2v) is 5.17. The number of benzene rings is 1. The van der Waals surface area contributed by atoms with E-state index in [4.69, 9.17) is 4.52 Å². The highest BCUT2D eigenvalue weighted by molar-refractivity contribution is 5.89. The highest BCUT2D eigenvalue weighted by Gasteiger charge is 2.22. The molecule has 0 unspecified atom stereocenters. The Labute approximate surface area is 122 Å². The molecule has 0 amide bonds. The van der Waals surface area contributed by atoms with Crippen LogP contribution < -0.4 is 0 Å². The van der Waals surface area contributed by atoms with E-state index in [1.165, 1.54) is 0 Å². The van der Waals surface area contributed by atoms with E-state index >= 15 is 0 Å². The van der Waals surface area contributed by atoms with E-state index < -0.39 is 5.97 Å². The molecule has 2 heterocycles. The number of aryl methyl sites for hydroxylation is 1. The third-order valence-electron chi connectivity index (χ3n) is 3.75. The summed E-state index contributed by atoms with van der Waals surface area (Å²) in [7, 11) is 0.